The number of sulfonamides is 1. The van der Waals surface area contributed by atoms with Crippen LogP contribution >= 0.6 is 0 Å². The standard InChI is InChI=1S/C18H25N3O4S/c1-15-3-5-16(6-4-15)26(24,25)21-13-11-20(12-14-21)18(23)8-7-17(22)19-9-2-10-19/h3-6H,2,7-14H2,1H3. The van der Waals surface area contributed by atoms with E-state index in [1.165, 1.54) is 4.31 Å². The first-order valence-electron chi connectivity index (χ1n) is 9.00. The van der Waals surface area contributed by atoms with E-state index in [0.29, 0.717) is 13.1 Å². The second kappa shape index (κ2) is 7.75. The zero-order valence-electron chi connectivity index (χ0n) is 15.1. The molecule has 0 atom stereocenters. The summed E-state index contributed by atoms with van der Waals surface area (Å²) in [6, 6.07) is 6.79. The van der Waals surface area contributed by atoms with Crippen LogP contribution in [0.1, 0.15) is 24.8 Å². The molecule has 7 nitrogen and oxygen atoms in total. The van der Waals surface area contributed by atoms with E-state index in [4.69, 9.17) is 0 Å². The van der Waals surface area contributed by atoms with Gasteiger partial charge in [0.05, 0.1) is 4.90 Å². The SMILES string of the molecule is Cc1ccc(S(=O)(=O)N2CCN(C(=O)CCC(=O)N3CCC3)CC2)cc1. The fourth-order valence-electron chi connectivity index (χ4n) is 3.13. The zero-order chi connectivity index (χ0) is 18.7. The Kier molecular flexibility index (Phi) is 5.62. The van der Waals surface area contributed by atoms with Crippen LogP contribution in [0.15, 0.2) is 29.2 Å². The van der Waals surface area contributed by atoms with Crippen molar-refractivity contribution in [2.75, 3.05) is 39.3 Å². The topological polar surface area (TPSA) is 78.0 Å². The summed E-state index contributed by atoms with van der Waals surface area (Å²) >= 11 is 0. The highest BCUT2D eigenvalue weighted by molar-refractivity contribution is 7.89. The van der Waals surface area contributed by atoms with Crippen molar-refractivity contribution in [2.45, 2.75) is 31.1 Å². The molecule has 0 spiro atoms. The molecular weight excluding hydrogens is 354 g/mol. The number of carbonyl (C=O) groups excluding carboxylic acids is 2. The third-order valence-electron chi connectivity index (χ3n) is 5.01. The Morgan fingerprint density at radius 2 is 1.35 bits per heavy atom. The first-order chi connectivity index (χ1) is 12.4. The van der Waals surface area contributed by atoms with Gasteiger partial charge in [0.15, 0.2) is 0 Å². The van der Waals surface area contributed by atoms with E-state index in [1.807, 2.05) is 6.92 Å². The number of aryl methyl sites for hydroxylation is 1. The molecule has 0 N–H and O–H groups in total. The number of benzene rings is 1. The van der Waals surface area contributed by atoms with Gasteiger partial charge >= 0.3 is 0 Å². The fourth-order valence-corrected chi connectivity index (χ4v) is 4.56. The number of piperazine rings is 1. The van der Waals surface area contributed by atoms with Gasteiger partial charge in [-0.2, -0.15) is 4.31 Å². The van der Waals surface area contributed by atoms with Crippen LogP contribution in [0.3, 0.4) is 0 Å². The van der Waals surface area contributed by atoms with Crippen LogP contribution in [0.2, 0.25) is 0 Å². The molecule has 142 valence electrons. The van der Waals surface area contributed by atoms with Gasteiger partial charge in [-0.25, -0.2) is 8.42 Å². The van der Waals surface area contributed by atoms with Gasteiger partial charge in [0.1, 0.15) is 0 Å². The van der Waals surface area contributed by atoms with Crippen LogP contribution < -0.4 is 0 Å². The Morgan fingerprint density at radius 3 is 1.81 bits per heavy atom. The second-order valence-corrected chi connectivity index (χ2v) is 8.77. The summed E-state index contributed by atoms with van der Waals surface area (Å²) in [6.45, 7) is 4.78. The number of nitrogens with zero attached hydrogens (tertiary/aromatic N) is 3. The molecule has 8 heteroatoms. The monoisotopic (exact) mass is 379 g/mol. The largest absolute Gasteiger partial charge is 0.343 e. The Bertz CT molecular complexity index is 764. The van der Waals surface area contributed by atoms with Crippen LogP contribution in [0, 0.1) is 6.92 Å². The van der Waals surface area contributed by atoms with Crippen molar-refractivity contribution in [1.29, 1.82) is 0 Å². The summed E-state index contributed by atoms with van der Waals surface area (Å²) in [7, 11) is -3.53. The maximum atomic E-state index is 12.7. The number of carbonyl (C=O) groups is 2. The fraction of sp³-hybridized carbons (Fsp3) is 0.556. The van der Waals surface area contributed by atoms with E-state index in [9.17, 15) is 18.0 Å². The quantitative estimate of drug-likeness (QED) is 0.760. The van der Waals surface area contributed by atoms with Crippen LogP contribution in [-0.4, -0.2) is 73.6 Å². The zero-order valence-corrected chi connectivity index (χ0v) is 15.9. The van der Waals surface area contributed by atoms with Gasteiger partial charge < -0.3 is 9.80 Å². The van der Waals surface area contributed by atoms with Crippen molar-refractivity contribution >= 4 is 21.8 Å². The normalized spacial score (nSPS) is 18.5. The minimum absolute atomic E-state index is 0.0326. The van der Waals surface area contributed by atoms with Gasteiger partial charge in [0.2, 0.25) is 21.8 Å². The Labute approximate surface area is 154 Å². The highest BCUT2D eigenvalue weighted by atomic mass is 32.2. The molecule has 0 saturated carbocycles. The number of hydrogen-bond acceptors (Lipinski definition) is 4. The summed E-state index contributed by atoms with van der Waals surface area (Å²) in [5.41, 5.74) is 1.01. The Morgan fingerprint density at radius 1 is 0.846 bits per heavy atom. The number of hydrogen-bond donors (Lipinski definition) is 0. The summed E-state index contributed by atoms with van der Waals surface area (Å²) in [5, 5.41) is 0. The van der Waals surface area contributed by atoms with E-state index in [2.05, 4.69) is 0 Å². The minimum atomic E-state index is -3.53. The van der Waals surface area contributed by atoms with E-state index in [0.717, 1.165) is 25.1 Å². The number of likely N-dealkylation sites (tertiary alicyclic amines) is 1. The van der Waals surface area contributed by atoms with E-state index < -0.39 is 10.0 Å². The van der Waals surface area contributed by atoms with Crippen molar-refractivity contribution in [3.63, 3.8) is 0 Å². The third kappa shape index (κ3) is 4.07. The lowest BCUT2D eigenvalue weighted by Gasteiger charge is -2.34. The smallest absolute Gasteiger partial charge is 0.243 e. The predicted molar refractivity (Wildman–Crippen MR) is 96.9 cm³/mol. The molecule has 2 aliphatic rings. The number of amides is 2. The van der Waals surface area contributed by atoms with Crippen molar-refractivity contribution in [3.8, 4) is 0 Å². The maximum absolute atomic E-state index is 12.7. The van der Waals surface area contributed by atoms with Gasteiger partial charge in [0, 0.05) is 52.1 Å². The molecule has 2 fully saturated rings. The molecule has 0 aliphatic carbocycles. The minimum Gasteiger partial charge on any atom is -0.343 e. The molecule has 0 unspecified atom stereocenters. The molecule has 2 aliphatic heterocycles. The van der Waals surface area contributed by atoms with Gasteiger partial charge in [-0.3, -0.25) is 9.59 Å². The molecule has 0 radical (unpaired) electrons. The number of rotatable bonds is 5. The molecule has 1 aromatic carbocycles. The maximum Gasteiger partial charge on any atom is 0.243 e. The predicted octanol–water partition coefficient (Wildman–Crippen LogP) is 0.840. The Balaban J connectivity index is 1.50. The van der Waals surface area contributed by atoms with E-state index in [1.54, 1.807) is 34.1 Å². The average molecular weight is 379 g/mol. The summed E-state index contributed by atoms with van der Waals surface area (Å²) in [5.74, 6) is -0.0450. The lowest BCUT2D eigenvalue weighted by molar-refractivity contribution is -0.139. The molecule has 3 rings (SSSR count). The Hall–Kier alpha value is -1.93. The third-order valence-corrected chi connectivity index (χ3v) is 6.92. The van der Waals surface area contributed by atoms with Gasteiger partial charge in [-0.1, -0.05) is 17.7 Å². The van der Waals surface area contributed by atoms with Crippen LogP contribution in [0.5, 0.6) is 0 Å². The lowest BCUT2D eigenvalue weighted by atomic mass is 10.1. The molecule has 0 bridgehead atoms. The molecule has 2 amide bonds. The van der Waals surface area contributed by atoms with Crippen molar-refractivity contribution in [2.24, 2.45) is 0 Å². The van der Waals surface area contributed by atoms with Crippen LogP contribution in [0.4, 0.5) is 0 Å². The average Bonchev–Trinajstić information content (AvgIpc) is 2.58. The summed E-state index contributed by atoms with van der Waals surface area (Å²) in [6.07, 6.45) is 1.47. The molecule has 1 aromatic rings. The molecule has 2 saturated heterocycles. The molecule has 0 aromatic heterocycles. The molecular formula is C18H25N3O4S. The van der Waals surface area contributed by atoms with Gasteiger partial charge in [-0.05, 0) is 25.5 Å². The van der Waals surface area contributed by atoms with Gasteiger partial charge in [0.25, 0.3) is 0 Å². The first-order valence-corrected chi connectivity index (χ1v) is 10.4. The van der Waals surface area contributed by atoms with Crippen molar-refractivity contribution in [1.82, 2.24) is 14.1 Å². The van der Waals surface area contributed by atoms with Crippen molar-refractivity contribution in [3.05, 3.63) is 29.8 Å². The summed E-state index contributed by atoms with van der Waals surface area (Å²) < 4.78 is 26.8. The van der Waals surface area contributed by atoms with E-state index in [-0.39, 0.29) is 42.6 Å². The summed E-state index contributed by atoms with van der Waals surface area (Å²) in [4.78, 5) is 27.8. The highest BCUT2D eigenvalue weighted by Crippen LogP contribution is 2.19. The van der Waals surface area contributed by atoms with E-state index >= 15 is 0 Å². The highest BCUT2D eigenvalue weighted by Gasteiger charge is 2.30. The first kappa shape index (κ1) is 18.8. The van der Waals surface area contributed by atoms with Gasteiger partial charge in [-0.15, -0.1) is 0 Å². The van der Waals surface area contributed by atoms with Crippen LogP contribution in [0.25, 0.3) is 0 Å². The van der Waals surface area contributed by atoms with Crippen LogP contribution in [-0.2, 0) is 19.6 Å². The molecule has 26 heavy (non-hydrogen) atoms. The second-order valence-electron chi connectivity index (χ2n) is 6.83. The lowest BCUT2D eigenvalue weighted by Crippen LogP contribution is -2.50. The molecule has 2 heterocycles. The van der Waals surface area contributed by atoms with Crippen molar-refractivity contribution < 1.29 is 18.0 Å².